The number of benzene rings is 1. The van der Waals surface area contributed by atoms with Crippen molar-refractivity contribution in [2.45, 2.75) is 24.8 Å². The minimum Gasteiger partial charge on any atom is -0.369 e. The molecule has 7 nitrogen and oxygen atoms in total. The van der Waals surface area contributed by atoms with Gasteiger partial charge in [0.05, 0.1) is 0 Å². The molecule has 2 aromatic heterocycles. The maximum Gasteiger partial charge on any atom is 0.435 e. The highest BCUT2D eigenvalue weighted by Crippen LogP contribution is 2.35. The van der Waals surface area contributed by atoms with E-state index in [-0.39, 0.29) is 25.5 Å². The Balaban J connectivity index is 1.77. The average Bonchev–Trinajstić information content (AvgIpc) is 3.18. The number of nitrogens with zero attached hydrogens (tertiary/aromatic N) is 4. The number of nitrogens with two attached hydrogens (primary N) is 1. The third-order valence-electron chi connectivity index (χ3n) is 5.21. The van der Waals surface area contributed by atoms with Crippen LogP contribution in [0.2, 0.25) is 0 Å². The van der Waals surface area contributed by atoms with Crippen molar-refractivity contribution in [1.82, 2.24) is 19.5 Å². The van der Waals surface area contributed by atoms with Crippen LogP contribution in [0, 0.1) is 5.82 Å². The van der Waals surface area contributed by atoms with E-state index in [4.69, 9.17) is 12.6 Å². The average molecular weight is 441 g/mol. The van der Waals surface area contributed by atoms with Gasteiger partial charge in [0.15, 0.2) is 11.3 Å². The summed E-state index contributed by atoms with van der Waals surface area (Å²) in [5, 5.41) is 6.41. The van der Waals surface area contributed by atoms with E-state index in [0.29, 0.717) is 11.6 Å². The van der Waals surface area contributed by atoms with Gasteiger partial charge in [-0.25, -0.2) is 14.2 Å². The molecule has 0 aliphatic carbocycles. The van der Waals surface area contributed by atoms with Crippen molar-refractivity contribution in [2.24, 2.45) is 5.73 Å². The van der Waals surface area contributed by atoms with Crippen molar-refractivity contribution in [3.63, 3.8) is 0 Å². The van der Waals surface area contributed by atoms with Gasteiger partial charge in [-0.15, -0.1) is 0 Å². The summed E-state index contributed by atoms with van der Waals surface area (Å²) in [5.41, 5.74) is 2.80. The molecule has 1 aromatic carbocycles. The van der Waals surface area contributed by atoms with Gasteiger partial charge in [0.1, 0.15) is 11.6 Å². The fraction of sp³-hybridized carbons (Fsp3) is 0.350. The standard InChI is InChI=1S/C20H20F4N6O/c1-2-14-7-16(30-17(27-14)8-15(28-30)20(22,23)24)26-9-19(10-29(11-19)18(25)31)12-3-5-13(21)6-4-12/h3-8,26H,2,9-11H2,1H3,(H2,25,31)/i1D3,2D2. The lowest BCUT2D eigenvalue weighted by Gasteiger charge is -2.50. The topological polar surface area (TPSA) is 88.5 Å². The Morgan fingerprint density at radius 3 is 2.65 bits per heavy atom. The number of aromatic nitrogens is 3. The minimum atomic E-state index is -4.83. The summed E-state index contributed by atoms with van der Waals surface area (Å²) in [7, 11) is 0. The summed E-state index contributed by atoms with van der Waals surface area (Å²) < 4.78 is 92.8. The summed E-state index contributed by atoms with van der Waals surface area (Å²) in [4.78, 5) is 16.7. The predicted octanol–water partition coefficient (Wildman–Crippen LogP) is 3.19. The first-order valence-electron chi connectivity index (χ1n) is 11.6. The summed E-state index contributed by atoms with van der Waals surface area (Å²) in [6.45, 7) is -2.94. The van der Waals surface area contributed by atoms with Crippen LogP contribution in [0.3, 0.4) is 0 Å². The molecule has 2 amide bonds. The third kappa shape index (κ3) is 3.87. The third-order valence-corrected chi connectivity index (χ3v) is 5.21. The number of likely N-dealkylation sites (tertiary alicyclic amines) is 1. The Morgan fingerprint density at radius 2 is 2.03 bits per heavy atom. The molecule has 3 heterocycles. The number of hydrogen-bond donors (Lipinski definition) is 2. The zero-order valence-electron chi connectivity index (χ0n) is 20.9. The molecule has 0 bridgehead atoms. The normalized spacial score (nSPS) is 19.0. The van der Waals surface area contributed by atoms with Gasteiger partial charge in [0.25, 0.3) is 0 Å². The molecule has 0 unspecified atom stereocenters. The highest BCUT2D eigenvalue weighted by atomic mass is 19.4. The maximum absolute atomic E-state index is 13.5. The smallest absolute Gasteiger partial charge is 0.369 e. The molecule has 1 saturated heterocycles. The Hall–Kier alpha value is -3.37. The van der Waals surface area contributed by atoms with E-state index in [2.05, 4.69) is 15.4 Å². The number of nitrogens with one attached hydrogen (secondary N) is 1. The van der Waals surface area contributed by atoms with Crippen molar-refractivity contribution >= 4 is 17.5 Å². The lowest BCUT2D eigenvalue weighted by Crippen LogP contribution is -2.65. The molecule has 1 aliphatic rings. The van der Waals surface area contributed by atoms with E-state index in [0.717, 1.165) is 10.6 Å². The summed E-state index contributed by atoms with van der Waals surface area (Å²) in [6.07, 6.45) is -7.82. The Morgan fingerprint density at radius 1 is 1.32 bits per heavy atom. The number of hydrogen-bond acceptors (Lipinski definition) is 4. The second-order valence-electron chi connectivity index (χ2n) is 7.28. The summed E-state index contributed by atoms with van der Waals surface area (Å²) in [6, 6.07) is 6.33. The lowest BCUT2D eigenvalue weighted by molar-refractivity contribution is -0.141. The molecule has 3 N–H and O–H groups in total. The van der Waals surface area contributed by atoms with Crippen LogP contribution in [0.4, 0.5) is 28.2 Å². The van der Waals surface area contributed by atoms with E-state index in [1.165, 1.54) is 29.2 Å². The molecule has 1 aliphatic heterocycles. The Bertz CT molecular complexity index is 1300. The van der Waals surface area contributed by atoms with Gasteiger partial charge in [0.2, 0.25) is 0 Å². The van der Waals surface area contributed by atoms with Crippen LogP contribution < -0.4 is 11.1 Å². The first kappa shape index (κ1) is 15.4. The van der Waals surface area contributed by atoms with Crippen LogP contribution in [-0.4, -0.2) is 45.2 Å². The van der Waals surface area contributed by atoms with Gasteiger partial charge < -0.3 is 16.0 Å². The molecule has 1 fully saturated rings. The number of amides is 2. The second-order valence-corrected chi connectivity index (χ2v) is 7.28. The SMILES string of the molecule is [2H]C([2H])([2H])C([2H])([2H])c1cc(NCC2(c3ccc(F)cc3)CN(C(N)=O)C2)n2nc(C(F)(F)F)cc2n1. The fourth-order valence-corrected chi connectivity index (χ4v) is 3.60. The zero-order chi connectivity index (χ0) is 26.7. The Kier molecular flexibility index (Phi) is 3.68. The highest BCUT2D eigenvalue weighted by Gasteiger charge is 2.46. The molecule has 0 atom stereocenters. The molecular weight excluding hydrogens is 416 g/mol. The van der Waals surface area contributed by atoms with Crippen LogP contribution in [-0.2, 0) is 18.0 Å². The van der Waals surface area contributed by atoms with Crippen molar-refractivity contribution in [3.05, 3.63) is 59.2 Å². The second kappa shape index (κ2) is 7.40. The van der Waals surface area contributed by atoms with E-state index in [1.807, 2.05) is 0 Å². The molecular formula is C20H20F4N6O. The van der Waals surface area contributed by atoms with Gasteiger partial charge in [-0.3, -0.25) is 0 Å². The first-order valence-corrected chi connectivity index (χ1v) is 9.06. The molecule has 164 valence electrons. The van der Waals surface area contributed by atoms with Gasteiger partial charge in [-0.05, 0) is 24.1 Å². The first-order chi connectivity index (χ1) is 16.5. The number of rotatable bonds is 5. The van der Waals surface area contributed by atoms with E-state index >= 15 is 0 Å². The zero-order valence-corrected chi connectivity index (χ0v) is 15.9. The number of fused-ring (bicyclic) bond motifs is 1. The monoisotopic (exact) mass is 441 g/mol. The van der Waals surface area contributed by atoms with E-state index < -0.39 is 53.7 Å². The van der Waals surface area contributed by atoms with Crippen molar-refractivity contribution in [1.29, 1.82) is 0 Å². The highest BCUT2D eigenvalue weighted by molar-refractivity contribution is 5.74. The number of carbonyl (C=O) groups excluding carboxylic acids is 1. The maximum atomic E-state index is 13.5. The van der Waals surface area contributed by atoms with Gasteiger partial charge in [-0.1, -0.05) is 19.0 Å². The van der Waals surface area contributed by atoms with Crippen LogP contribution >= 0.6 is 0 Å². The van der Waals surface area contributed by atoms with Gasteiger partial charge in [0, 0.05) is 49.7 Å². The number of primary amides is 1. The Labute approximate surface area is 181 Å². The van der Waals surface area contributed by atoms with Crippen LogP contribution in [0.1, 0.15) is 30.7 Å². The van der Waals surface area contributed by atoms with Gasteiger partial charge >= 0.3 is 12.2 Å². The quantitative estimate of drug-likeness (QED) is 0.596. The number of urea groups is 1. The fourth-order valence-electron chi connectivity index (χ4n) is 3.60. The number of aryl methyl sites for hydroxylation is 1. The predicted molar refractivity (Wildman–Crippen MR) is 105 cm³/mol. The largest absolute Gasteiger partial charge is 0.435 e. The molecule has 0 radical (unpaired) electrons. The molecule has 0 spiro atoms. The molecule has 3 aromatic rings. The number of anilines is 1. The summed E-state index contributed by atoms with van der Waals surface area (Å²) >= 11 is 0. The lowest BCUT2D eigenvalue weighted by atomic mass is 9.73. The summed E-state index contributed by atoms with van der Waals surface area (Å²) in [5.74, 6) is -0.644. The van der Waals surface area contributed by atoms with Crippen LogP contribution in [0.5, 0.6) is 0 Å². The molecule has 0 saturated carbocycles. The number of halogens is 4. The van der Waals surface area contributed by atoms with Crippen LogP contribution in [0.15, 0.2) is 36.4 Å². The van der Waals surface area contributed by atoms with Crippen molar-refractivity contribution < 1.29 is 29.2 Å². The van der Waals surface area contributed by atoms with E-state index in [1.54, 1.807) is 0 Å². The van der Waals surface area contributed by atoms with Crippen LogP contribution in [0.25, 0.3) is 5.65 Å². The van der Waals surface area contributed by atoms with Crippen molar-refractivity contribution in [2.75, 3.05) is 25.0 Å². The minimum absolute atomic E-state index is 0.0149. The number of carbonyl (C=O) groups is 1. The molecule has 4 rings (SSSR count). The van der Waals surface area contributed by atoms with Crippen molar-refractivity contribution in [3.8, 4) is 0 Å². The molecule has 31 heavy (non-hydrogen) atoms. The molecule has 11 heteroatoms. The number of alkyl halides is 3. The van der Waals surface area contributed by atoms with E-state index in [9.17, 15) is 22.4 Å². The van der Waals surface area contributed by atoms with Gasteiger partial charge in [-0.2, -0.15) is 22.8 Å².